The monoisotopic (exact) mass is 244 g/mol. The molecule has 0 aromatic carbocycles. The van der Waals surface area contributed by atoms with E-state index in [2.05, 4.69) is 60.1 Å². The summed E-state index contributed by atoms with van der Waals surface area (Å²) in [6.45, 7) is 10.9. The molecular weight excluding hydrogens is 228 g/mol. The van der Waals surface area contributed by atoms with Gasteiger partial charge >= 0.3 is 0 Å². The standard InChI is InChI=1S/C10H17BrN2/c1-7(2)13-8(10(3,4)5)6-12-9(13)11/h6-7H,1-5H3. The third-order valence-electron chi connectivity index (χ3n) is 2.04. The molecule has 1 heterocycles. The summed E-state index contributed by atoms with van der Waals surface area (Å²) in [6.07, 6.45) is 1.95. The van der Waals surface area contributed by atoms with E-state index in [1.807, 2.05) is 6.20 Å². The molecule has 0 saturated carbocycles. The van der Waals surface area contributed by atoms with Crippen molar-refractivity contribution in [1.29, 1.82) is 0 Å². The third kappa shape index (κ3) is 2.13. The van der Waals surface area contributed by atoms with Crippen LogP contribution in [0.5, 0.6) is 0 Å². The molecule has 1 aromatic rings. The fourth-order valence-corrected chi connectivity index (χ4v) is 2.09. The fourth-order valence-electron chi connectivity index (χ4n) is 1.38. The maximum absolute atomic E-state index is 4.28. The van der Waals surface area contributed by atoms with Crippen LogP contribution in [0, 0.1) is 0 Å². The van der Waals surface area contributed by atoms with Crippen LogP contribution in [0.3, 0.4) is 0 Å². The number of rotatable bonds is 1. The molecule has 0 amide bonds. The Morgan fingerprint density at radius 3 is 2.23 bits per heavy atom. The first-order chi connectivity index (χ1) is 5.84. The van der Waals surface area contributed by atoms with E-state index in [9.17, 15) is 0 Å². The average molecular weight is 245 g/mol. The minimum Gasteiger partial charge on any atom is -0.320 e. The van der Waals surface area contributed by atoms with Gasteiger partial charge in [0, 0.05) is 23.3 Å². The molecule has 0 saturated heterocycles. The zero-order valence-corrected chi connectivity index (χ0v) is 10.5. The van der Waals surface area contributed by atoms with Crippen molar-refractivity contribution in [3.63, 3.8) is 0 Å². The van der Waals surface area contributed by atoms with Crippen LogP contribution in [0.1, 0.15) is 46.4 Å². The Labute approximate surface area is 88.5 Å². The van der Waals surface area contributed by atoms with Crippen LogP contribution in [-0.2, 0) is 5.41 Å². The molecule has 0 radical (unpaired) electrons. The van der Waals surface area contributed by atoms with Gasteiger partial charge in [-0.3, -0.25) is 0 Å². The van der Waals surface area contributed by atoms with Gasteiger partial charge in [0.05, 0.1) is 0 Å². The van der Waals surface area contributed by atoms with Crippen LogP contribution in [0.15, 0.2) is 10.9 Å². The number of aromatic nitrogens is 2. The number of imidazole rings is 1. The zero-order chi connectivity index (χ0) is 10.2. The smallest absolute Gasteiger partial charge is 0.177 e. The molecule has 3 heteroatoms. The van der Waals surface area contributed by atoms with Crippen molar-refractivity contribution in [2.24, 2.45) is 0 Å². The third-order valence-corrected chi connectivity index (χ3v) is 2.62. The lowest BCUT2D eigenvalue weighted by molar-refractivity contribution is 0.478. The second kappa shape index (κ2) is 3.45. The summed E-state index contributed by atoms with van der Waals surface area (Å²) < 4.78 is 3.15. The highest BCUT2D eigenvalue weighted by Gasteiger charge is 2.21. The van der Waals surface area contributed by atoms with Crippen molar-refractivity contribution < 1.29 is 0 Å². The second-order valence-electron chi connectivity index (χ2n) is 4.63. The molecule has 0 aliphatic carbocycles. The van der Waals surface area contributed by atoms with Gasteiger partial charge in [-0.15, -0.1) is 0 Å². The maximum Gasteiger partial charge on any atom is 0.177 e. The molecule has 0 bridgehead atoms. The average Bonchev–Trinajstić information content (AvgIpc) is 2.28. The van der Waals surface area contributed by atoms with E-state index in [0.29, 0.717) is 6.04 Å². The van der Waals surface area contributed by atoms with Gasteiger partial charge in [-0.2, -0.15) is 0 Å². The minimum absolute atomic E-state index is 0.156. The number of nitrogens with zero attached hydrogens (tertiary/aromatic N) is 2. The number of hydrogen-bond acceptors (Lipinski definition) is 1. The predicted octanol–water partition coefficient (Wildman–Crippen LogP) is 3.52. The minimum atomic E-state index is 0.156. The SMILES string of the molecule is CC(C)n1c(C(C)(C)C)cnc1Br. The van der Waals surface area contributed by atoms with Crippen molar-refractivity contribution >= 4 is 15.9 Å². The molecule has 0 atom stereocenters. The van der Waals surface area contributed by atoms with E-state index in [-0.39, 0.29) is 5.41 Å². The Bertz CT molecular complexity index is 294. The van der Waals surface area contributed by atoms with Crippen LogP contribution < -0.4 is 0 Å². The van der Waals surface area contributed by atoms with E-state index >= 15 is 0 Å². The highest BCUT2D eigenvalue weighted by Crippen LogP contribution is 2.28. The van der Waals surface area contributed by atoms with Gasteiger partial charge < -0.3 is 4.57 Å². The highest BCUT2D eigenvalue weighted by atomic mass is 79.9. The second-order valence-corrected chi connectivity index (χ2v) is 5.34. The van der Waals surface area contributed by atoms with Gasteiger partial charge in [0.25, 0.3) is 0 Å². The Morgan fingerprint density at radius 1 is 1.38 bits per heavy atom. The quantitative estimate of drug-likeness (QED) is 0.740. The van der Waals surface area contributed by atoms with Gasteiger partial charge in [-0.25, -0.2) is 4.98 Å². The molecular formula is C10H17BrN2. The Hall–Kier alpha value is -0.310. The maximum atomic E-state index is 4.28. The molecule has 1 aromatic heterocycles. The molecule has 2 nitrogen and oxygen atoms in total. The van der Waals surface area contributed by atoms with Crippen LogP contribution in [-0.4, -0.2) is 9.55 Å². The number of halogens is 1. The molecule has 1 rings (SSSR count). The summed E-state index contributed by atoms with van der Waals surface area (Å²) in [5.41, 5.74) is 1.43. The van der Waals surface area contributed by atoms with Gasteiger partial charge in [0.15, 0.2) is 4.73 Å². The van der Waals surface area contributed by atoms with E-state index in [0.717, 1.165) is 4.73 Å². The molecule has 0 spiro atoms. The number of hydrogen-bond donors (Lipinski definition) is 0. The van der Waals surface area contributed by atoms with E-state index < -0.39 is 0 Å². The van der Waals surface area contributed by atoms with E-state index in [1.54, 1.807) is 0 Å². The summed E-state index contributed by atoms with van der Waals surface area (Å²) in [7, 11) is 0. The first-order valence-electron chi connectivity index (χ1n) is 4.57. The Kier molecular flexibility index (Phi) is 2.85. The lowest BCUT2D eigenvalue weighted by Crippen LogP contribution is -2.18. The molecule has 0 fully saturated rings. The van der Waals surface area contributed by atoms with Crippen molar-refractivity contribution in [2.45, 2.75) is 46.1 Å². The van der Waals surface area contributed by atoms with Gasteiger partial charge in [0.2, 0.25) is 0 Å². The van der Waals surface area contributed by atoms with Crippen molar-refractivity contribution in [1.82, 2.24) is 9.55 Å². The highest BCUT2D eigenvalue weighted by molar-refractivity contribution is 9.10. The summed E-state index contributed by atoms with van der Waals surface area (Å²) in [5.74, 6) is 0. The van der Waals surface area contributed by atoms with Crippen LogP contribution in [0.25, 0.3) is 0 Å². The van der Waals surface area contributed by atoms with Crippen LogP contribution in [0.2, 0.25) is 0 Å². The summed E-state index contributed by atoms with van der Waals surface area (Å²) >= 11 is 3.46. The van der Waals surface area contributed by atoms with Crippen molar-refractivity contribution in [3.8, 4) is 0 Å². The van der Waals surface area contributed by atoms with E-state index in [4.69, 9.17) is 0 Å². The summed E-state index contributed by atoms with van der Waals surface area (Å²) in [5, 5.41) is 0. The molecule has 0 aliphatic heterocycles. The molecule has 13 heavy (non-hydrogen) atoms. The fraction of sp³-hybridized carbons (Fsp3) is 0.700. The molecule has 0 unspecified atom stereocenters. The first-order valence-corrected chi connectivity index (χ1v) is 5.36. The largest absolute Gasteiger partial charge is 0.320 e. The first kappa shape index (κ1) is 10.8. The summed E-state index contributed by atoms with van der Waals surface area (Å²) in [4.78, 5) is 4.28. The Balaban J connectivity index is 3.23. The summed E-state index contributed by atoms with van der Waals surface area (Å²) in [6, 6.07) is 0.450. The van der Waals surface area contributed by atoms with Crippen LogP contribution >= 0.6 is 15.9 Å². The molecule has 0 N–H and O–H groups in total. The molecule has 74 valence electrons. The van der Waals surface area contributed by atoms with Gasteiger partial charge in [-0.05, 0) is 29.8 Å². The topological polar surface area (TPSA) is 17.8 Å². The van der Waals surface area contributed by atoms with Gasteiger partial charge in [0.1, 0.15) is 0 Å². The Morgan fingerprint density at radius 2 is 1.92 bits per heavy atom. The van der Waals surface area contributed by atoms with Crippen molar-refractivity contribution in [2.75, 3.05) is 0 Å². The predicted molar refractivity (Wildman–Crippen MR) is 59.0 cm³/mol. The zero-order valence-electron chi connectivity index (χ0n) is 8.93. The van der Waals surface area contributed by atoms with E-state index in [1.165, 1.54) is 5.69 Å². The van der Waals surface area contributed by atoms with Gasteiger partial charge in [-0.1, -0.05) is 20.8 Å². The normalized spacial score (nSPS) is 12.5. The molecule has 0 aliphatic rings. The lowest BCUT2D eigenvalue weighted by Gasteiger charge is -2.23. The lowest BCUT2D eigenvalue weighted by atomic mass is 9.92. The van der Waals surface area contributed by atoms with Crippen LogP contribution in [0.4, 0.5) is 0 Å². The van der Waals surface area contributed by atoms with Crippen molar-refractivity contribution in [3.05, 3.63) is 16.6 Å².